The number of halogens is 1. The first kappa shape index (κ1) is 14.8. The predicted molar refractivity (Wildman–Crippen MR) is 66.3 cm³/mol. The lowest BCUT2D eigenvalue weighted by Gasteiger charge is -2.26. The summed E-state index contributed by atoms with van der Waals surface area (Å²) in [4.78, 5) is 13.8. The summed E-state index contributed by atoms with van der Waals surface area (Å²) in [6.07, 6.45) is 2.78. The third-order valence-electron chi connectivity index (χ3n) is 2.17. The second-order valence-electron chi connectivity index (χ2n) is 5.16. The van der Waals surface area contributed by atoms with Gasteiger partial charge in [0.25, 0.3) is 0 Å². The summed E-state index contributed by atoms with van der Waals surface area (Å²) in [6, 6.07) is 0. The highest BCUT2D eigenvalue weighted by molar-refractivity contribution is 6.18. The SMILES string of the molecule is CCCCN(CCCl)C(=O)CC(C)(C)C. The van der Waals surface area contributed by atoms with Gasteiger partial charge in [-0.15, -0.1) is 11.6 Å². The van der Waals surface area contributed by atoms with Crippen LogP contribution in [0.4, 0.5) is 0 Å². The maximum Gasteiger partial charge on any atom is 0.223 e. The van der Waals surface area contributed by atoms with E-state index in [1.165, 1.54) is 0 Å². The average Bonchev–Trinajstić information content (AvgIpc) is 2.09. The molecule has 0 unspecified atom stereocenters. The van der Waals surface area contributed by atoms with Crippen LogP contribution in [0, 0.1) is 5.41 Å². The van der Waals surface area contributed by atoms with Crippen molar-refractivity contribution in [1.29, 1.82) is 0 Å². The molecule has 0 radical (unpaired) electrons. The normalized spacial score (nSPS) is 11.5. The van der Waals surface area contributed by atoms with E-state index < -0.39 is 0 Å². The molecule has 0 saturated carbocycles. The van der Waals surface area contributed by atoms with Gasteiger partial charge in [-0.05, 0) is 11.8 Å². The Morgan fingerprint density at radius 3 is 2.27 bits per heavy atom. The van der Waals surface area contributed by atoms with Gasteiger partial charge in [-0.25, -0.2) is 0 Å². The van der Waals surface area contributed by atoms with Crippen molar-refractivity contribution in [3.8, 4) is 0 Å². The van der Waals surface area contributed by atoms with Gasteiger partial charge in [0.05, 0.1) is 0 Å². The third kappa shape index (κ3) is 7.66. The van der Waals surface area contributed by atoms with Crippen molar-refractivity contribution in [1.82, 2.24) is 4.90 Å². The van der Waals surface area contributed by atoms with Crippen LogP contribution >= 0.6 is 11.6 Å². The molecule has 2 nitrogen and oxygen atoms in total. The van der Waals surface area contributed by atoms with Gasteiger partial charge in [0.1, 0.15) is 0 Å². The number of amides is 1. The van der Waals surface area contributed by atoms with Crippen molar-refractivity contribution in [2.24, 2.45) is 5.41 Å². The lowest BCUT2D eigenvalue weighted by Crippen LogP contribution is -2.35. The number of carbonyl (C=O) groups is 1. The van der Waals surface area contributed by atoms with E-state index in [2.05, 4.69) is 27.7 Å². The maximum atomic E-state index is 11.9. The minimum atomic E-state index is 0.0634. The summed E-state index contributed by atoms with van der Waals surface area (Å²) < 4.78 is 0. The first-order valence-electron chi connectivity index (χ1n) is 5.74. The highest BCUT2D eigenvalue weighted by atomic mass is 35.5. The van der Waals surface area contributed by atoms with Crippen molar-refractivity contribution in [3.05, 3.63) is 0 Å². The van der Waals surface area contributed by atoms with Crippen molar-refractivity contribution in [3.63, 3.8) is 0 Å². The van der Waals surface area contributed by atoms with Crippen LogP contribution in [0.15, 0.2) is 0 Å². The molecule has 15 heavy (non-hydrogen) atoms. The van der Waals surface area contributed by atoms with Gasteiger partial charge in [0, 0.05) is 25.4 Å². The summed E-state index contributed by atoms with van der Waals surface area (Å²) in [5.74, 6) is 0.760. The van der Waals surface area contributed by atoms with E-state index in [4.69, 9.17) is 11.6 Å². The van der Waals surface area contributed by atoms with Crippen molar-refractivity contribution < 1.29 is 4.79 Å². The standard InChI is InChI=1S/C12H24ClNO/c1-5-6-8-14(9-7-13)11(15)10-12(2,3)4/h5-10H2,1-4H3. The zero-order valence-electron chi connectivity index (χ0n) is 10.5. The summed E-state index contributed by atoms with van der Waals surface area (Å²) in [5.41, 5.74) is 0.0634. The molecule has 0 atom stereocenters. The highest BCUT2D eigenvalue weighted by Gasteiger charge is 2.20. The van der Waals surface area contributed by atoms with Crippen LogP contribution in [-0.2, 0) is 4.79 Å². The van der Waals surface area contributed by atoms with E-state index in [1.807, 2.05) is 4.90 Å². The Morgan fingerprint density at radius 2 is 1.87 bits per heavy atom. The molecule has 0 saturated heterocycles. The lowest BCUT2D eigenvalue weighted by molar-refractivity contribution is -0.132. The number of rotatable bonds is 6. The summed E-state index contributed by atoms with van der Waals surface area (Å²) >= 11 is 5.70. The molecule has 0 heterocycles. The van der Waals surface area contributed by atoms with Crippen LogP contribution in [-0.4, -0.2) is 29.8 Å². The molecule has 0 N–H and O–H groups in total. The van der Waals surface area contributed by atoms with Crippen LogP contribution in [0.3, 0.4) is 0 Å². The van der Waals surface area contributed by atoms with E-state index in [0.717, 1.165) is 19.4 Å². The van der Waals surface area contributed by atoms with Gasteiger partial charge in [-0.1, -0.05) is 34.1 Å². The number of alkyl halides is 1. The molecule has 0 fully saturated rings. The smallest absolute Gasteiger partial charge is 0.223 e. The van der Waals surface area contributed by atoms with Crippen LogP contribution in [0.1, 0.15) is 47.0 Å². The Balaban J connectivity index is 4.15. The van der Waals surface area contributed by atoms with Crippen LogP contribution < -0.4 is 0 Å². The molecule has 0 aliphatic rings. The summed E-state index contributed by atoms with van der Waals surface area (Å²) in [7, 11) is 0. The Morgan fingerprint density at radius 1 is 1.27 bits per heavy atom. The maximum absolute atomic E-state index is 11.9. The van der Waals surface area contributed by atoms with E-state index in [-0.39, 0.29) is 11.3 Å². The Labute approximate surface area is 99.0 Å². The summed E-state index contributed by atoms with van der Waals surface area (Å²) in [6.45, 7) is 9.92. The molecule has 0 aromatic rings. The monoisotopic (exact) mass is 233 g/mol. The molecular weight excluding hydrogens is 210 g/mol. The third-order valence-corrected chi connectivity index (χ3v) is 2.34. The van der Waals surface area contributed by atoms with Gasteiger partial charge >= 0.3 is 0 Å². The fourth-order valence-corrected chi connectivity index (χ4v) is 1.58. The van der Waals surface area contributed by atoms with Gasteiger partial charge in [-0.2, -0.15) is 0 Å². The second kappa shape index (κ2) is 7.10. The molecule has 90 valence electrons. The molecule has 0 aromatic carbocycles. The molecule has 0 spiro atoms. The molecule has 0 bridgehead atoms. The number of unbranched alkanes of at least 4 members (excludes halogenated alkanes) is 1. The highest BCUT2D eigenvalue weighted by Crippen LogP contribution is 2.19. The number of carbonyl (C=O) groups excluding carboxylic acids is 1. The molecule has 0 aliphatic carbocycles. The van der Waals surface area contributed by atoms with Crippen molar-refractivity contribution >= 4 is 17.5 Å². The minimum Gasteiger partial charge on any atom is -0.341 e. The van der Waals surface area contributed by atoms with E-state index in [0.29, 0.717) is 18.8 Å². The molecule has 0 aliphatic heterocycles. The van der Waals surface area contributed by atoms with Gasteiger partial charge in [0.2, 0.25) is 5.91 Å². The quantitative estimate of drug-likeness (QED) is 0.645. The Kier molecular flexibility index (Phi) is 6.99. The molecule has 0 rings (SSSR count). The van der Waals surface area contributed by atoms with E-state index in [9.17, 15) is 4.79 Å². The van der Waals surface area contributed by atoms with Crippen LogP contribution in [0.2, 0.25) is 0 Å². The summed E-state index contributed by atoms with van der Waals surface area (Å²) in [5, 5.41) is 0. The van der Waals surface area contributed by atoms with Gasteiger partial charge in [-0.3, -0.25) is 4.79 Å². The average molecular weight is 234 g/mol. The second-order valence-corrected chi connectivity index (χ2v) is 5.54. The molecule has 0 aromatic heterocycles. The fourth-order valence-electron chi connectivity index (χ4n) is 1.38. The first-order chi connectivity index (χ1) is 6.90. The van der Waals surface area contributed by atoms with Crippen LogP contribution in [0.25, 0.3) is 0 Å². The lowest BCUT2D eigenvalue weighted by atomic mass is 9.91. The van der Waals surface area contributed by atoms with Gasteiger partial charge in [0.15, 0.2) is 0 Å². The molecular formula is C12H24ClNO. The first-order valence-corrected chi connectivity index (χ1v) is 6.28. The van der Waals surface area contributed by atoms with Crippen molar-refractivity contribution in [2.45, 2.75) is 47.0 Å². The molecule has 1 amide bonds. The van der Waals surface area contributed by atoms with Crippen LogP contribution in [0.5, 0.6) is 0 Å². The number of hydrogen-bond acceptors (Lipinski definition) is 1. The largest absolute Gasteiger partial charge is 0.341 e. The fraction of sp³-hybridized carbons (Fsp3) is 0.917. The van der Waals surface area contributed by atoms with E-state index >= 15 is 0 Å². The predicted octanol–water partition coefficient (Wildman–Crippen LogP) is 3.29. The Bertz CT molecular complexity index is 187. The zero-order valence-corrected chi connectivity index (χ0v) is 11.2. The van der Waals surface area contributed by atoms with Gasteiger partial charge < -0.3 is 4.90 Å². The van der Waals surface area contributed by atoms with E-state index in [1.54, 1.807) is 0 Å². The van der Waals surface area contributed by atoms with Crippen molar-refractivity contribution in [2.75, 3.05) is 19.0 Å². The Hall–Kier alpha value is -0.240. The topological polar surface area (TPSA) is 20.3 Å². The number of nitrogens with zero attached hydrogens (tertiary/aromatic N) is 1. The minimum absolute atomic E-state index is 0.0634. The number of hydrogen-bond donors (Lipinski definition) is 0. The zero-order chi connectivity index (χ0) is 11.9. The molecule has 3 heteroatoms.